The van der Waals surface area contributed by atoms with E-state index in [-0.39, 0.29) is 12.0 Å². The molecule has 1 aromatic heterocycles. The summed E-state index contributed by atoms with van der Waals surface area (Å²) in [5.41, 5.74) is 0.753. The number of carbonyl (C=O) groups is 1. The Morgan fingerprint density at radius 3 is 2.56 bits per heavy atom. The first-order valence-corrected chi connectivity index (χ1v) is 8.84. The maximum Gasteiger partial charge on any atom is 0.410 e. The normalized spacial score (nSPS) is 15.6. The monoisotopic (exact) mass is 342 g/mol. The van der Waals surface area contributed by atoms with Crippen LogP contribution in [0.25, 0.3) is 0 Å². The van der Waals surface area contributed by atoms with E-state index in [1.807, 2.05) is 26.8 Å². The number of aromatic nitrogens is 3. The quantitative estimate of drug-likeness (QED) is 0.855. The van der Waals surface area contributed by atoms with Gasteiger partial charge >= 0.3 is 6.09 Å². The third-order valence-corrected chi connectivity index (χ3v) is 4.36. The molecule has 0 bridgehead atoms. The highest BCUT2D eigenvalue weighted by atomic mass is 16.6. The number of hydrogen-bond donors (Lipinski definition) is 0. The van der Waals surface area contributed by atoms with Gasteiger partial charge in [-0.1, -0.05) is 37.3 Å². The molecular weight excluding hydrogens is 316 g/mol. The Morgan fingerprint density at radius 1 is 1.20 bits per heavy atom. The molecule has 25 heavy (non-hydrogen) atoms. The molecule has 2 heterocycles. The van der Waals surface area contributed by atoms with Crippen LogP contribution in [0, 0.1) is 0 Å². The maximum atomic E-state index is 12.3. The third-order valence-electron chi connectivity index (χ3n) is 4.36. The SMILES string of the molecule is CCC(c1ccccc1)c1nnc2n1CCN(C(=O)OC(C)(C)C)C2. The van der Waals surface area contributed by atoms with Crippen molar-refractivity contribution >= 4 is 6.09 Å². The van der Waals surface area contributed by atoms with Crippen molar-refractivity contribution in [2.24, 2.45) is 0 Å². The van der Waals surface area contributed by atoms with Crippen LogP contribution in [-0.4, -0.2) is 37.9 Å². The van der Waals surface area contributed by atoms with Crippen LogP contribution in [0.1, 0.15) is 57.2 Å². The number of nitrogens with zero attached hydrogens (tertiary/aromatic N) is 4. The lowest BCUT2D eigenvalue weighted by molar-refractivity contribution is 0.0194. The van der Waals surface area contributed by atoms with E-state index in [9.17, 15) is 4.79 Å². The summed E-state index contributed by atoms with van der Waals surface area (Å²) in [5.74, 6) is 2.02. The van der Waals surface area contributed by atoms with Crippen LogP contribution in [0.15, 0.2) is 30.3 Å². The van der Waals surface area contributed by atoms with E-state index in [0.717, 1.165) is 18.1 Å². The van der Waals surface area contributed by atoms with E-state index in [4.69, 9.17) is 4.74 Å². The van der Waals surface area contributed by atoms with Crippen molar-refractivity contribution in [1.29, 1.82) is 0 Å². The predicted molar refractivity (Wildman–Crippen MR) is 95.2 cm³/mol. The molecular formula is C19H26N4O2. The van der Waals surface area contributed by atoms with Gasteiger partial charge < -0.3 is 9.30 Å². The zero-order chi connectivity index (χ0) is 18.0. The molecule has 1 amide bonds. The second kappa shape index (κ2) is 6.86. The van der Waals surface area contributed by atoms with Crippen molar-refractivity contribution in [1.82, 2.24) is 19.7 Å². The molecule has 0 saturated heterocycles. The summed E-state index contributed by atoms with van der Waals surface area (Å²) in [4.78, 5) is 14.0. The van der Waals surface area contributed by atoms with E-state index in [1.54, 1.807) is 4.90 Å². The topological polar surface area (TPSA) is 60.2 Å². The summed E-state index contributed by atoms with van der Waals surface area (Å²) in [7, 11) is 0. The van der Waals surface area contributed by atoms with E-state index in [2.05, 4.69) is 46.0 Å². The van der Waals surface area contributed by atoms with E-state index in [1.165, 1.54) is 5.56 Å². The van der Waals surface area contributed by atoms with Crippen LogP contribution in [-0.2, 0) is 17.8 Å². The molecule has 1 unspecified atom stereocenters. The van der Waals surface area contributed by atoms with Gasteiger partial charge in [-0.25, -0.2) is 4.79 Å². The highest BCUT2D eigenvalue weighted by Crippen LogP contribution is 2.28. The van der Waals surface area contributed by atoms with Crippen molar-refractivity contribution in [2.75, 3.05) is 6.54 Å². The number of amides is 1. The molecule has 6 heteroatoms. The Bertz CT molecular complexity index is 734. The molecule has 0 spiro atoms. The molecule has 1 aliphatic rings. The lowest BCUT2D eigenvalue weighted by atomic mass is 9.95. The average molecular weight is 342 g/mol. The summed E-state index contributed by atoms with van der Waals surface area (Å²) < 4.78 is 7.62. The molecule has 1 aliphatic heterocycles. The van der Waals surface area contributed by atoms with Gasteiger partial charge in [0.25, 0.3) is 0 Å². The Kier molecular flexibility index (Phi) is 4.79. The van der Waals surface area contributed by atoms with Gasteiger partial charge in [-0.05, 0) is 32.8 Å². The largest absolute Gasteiger partial charge is 0.444 e. The van der Waals surface area contributed by atoms with Crippen molar-refractivity contribution in [3.05, 3.63) is 47.5 Å². The summed E-state index contributed by atoms with van der Waals surface area (Å²) in [6, 6.07) is 10.4. The number of ether oxygens (including phenoxy) is 1. The highest BCUT2D eigenvalue weighted by Gasteiger charge is 2.30. The van der Waals surface area contributed by atoms with Gasteiger partial charge in [-0.2, -0.15) is 0 Å². The van der Waals surface area contributed by atoms with Crippen molar-refractivity contribution in [3.8, 4) is 0 Å². The average Bonchev–Trinajstić information content (AvgIpc) is 2.98. The molecule has 1 aromatic carbocycles. The first-order chi connectivity index (χ1) is 11.9. The van der Waals surface area contributed by atoms with Gasteiger partial charge in [-0.3, -0.25) is 4.90 Å². The molecule has 0 aliphatic carbocycles. The van der Waals surface area contributed by atoms with Crippen LogP contribution in [0.3, 0.4) is 0 Å². The Balaban J connectivity index is 1.80. The van der Waals surface area contributed by atoms with E-state index < -0.39 is 5.60 Å². The first-order valence-electron chi connectivity index (χ1n) is 8.84. The fourth-order valence-corrected chi connectivity index (χ4v) is 3.17. The zero-order valence-electron chi connectivity index (χ0n) is 15.4. The second-order valence-corrected chi connectivity index (χ2v) is 7.40. The van der Waals surface area contributed by atoms with E-state index >= 15 is 0 Å². The Hall–Kier alpha value is -2.37. The first kappa shape index (κ1) is 17.5. The lowest BCUT2D eigenvalue weighted by Gasteiger charge is -2.31. The zero-order valence-corrected chi connectivity index (χ0v) is 15.4. The fourth-order valence-electron chi connectivity index (χ4n) is 3.17. The second-order valence-electron chi connectivity index (χ2n) is 7.40. The number of carbonyl (C=O) groups excluding carboxylic acids is 1. The number of benzene rings is 1. The maximum absolute atomic E-state index is 12.3. The standard InChI is InChI=1S/C19H26N4O2/c1-5-15(14-9-7-6-8-10-14)17-21-20-16-13-22(11-12-23(16)17)18(24)25-19(2,3)4/h6-10,15H,5,11-13H2,1-4H3. The minimum absolute atomic E-state index is 0.218. The molecule has 6 nitrogen and oxygen atoms in total. The Labute approximate surface area is 148 Å². The van der Waals surface area contributed by atoms with Crippen molar-refractivity contribution in [2.45, 2.75) is 58.7 Å². The minimum atomic E-state index is -0.492. The van der Waals surface area contributed by atoms with Crippen molar-refractivity contribution in [3.63, 3.8) is 0 Å². The highest BCUT2D eigenvalue weighted by molar-refractivity contribution is 5.68. The summed E-state index contributed by atoms with van der Waals surface area (Å²) in [6.45, 7) is 9.53. The van der Waals surface area contributed by atoms with Gasteiger partial charge in [0.2, 0.25) is 0 Å². The summed E-state index contributed by atoms with van der Waals surface area (Å²) in [6.07, 6.45) is 0.663. The van der Waals surface area contributed by atoms with Crippen LogP contribution in [0.5, 0.6) is 0 Å². The van der Waals surface area contributed by atoms with Gasteiger partial charge in [-0.15, -0.1) is 10.2 Å². The van der Waals surface area contributed by atoms with Gasteiger partial charge in [0.05, 0.1) is 6.54 Å². The number of fused-ring (bicyclic) bond motifs is 1. The molecule has 0 radical (unpaired) electrons. The van der Waals surface area contributed by atoms with Gasteiger partial charge in [0.15, 0.2) is 5.82 Å². The van der Waals surface area contributed by atoms with Gasteiger partial charge in [0.1, 0.15) is 11.4 Å². The predicted octanol–water partition coefficient (Wildman–Crippen LogP) is 3.57. The summed E-state index contributed by atoms with van der Waals surface area (Å²) >= 11 is 0. The minimum Gasteiger partial charge on any atom is -0.444 e. The molecule has 134 valence electrons. The molecule has 2 aromatic rings. The van der Waals surface area contributed by atoms with Crippen LogP contribution < -0.4 is 0 Å². The van der Waals surface area contributed by atoms with E-state index in [0.29, 0.717) is 19.6 Å². The van der Waals surface area contributed by atoms with Crippen molar-refractivity contribution < 1.29 is 9.53 Å². The molecule has 0 saturated carbocycles. The molecule has 3 rings (SSSR count). The number of rotatable bonds is 3. The van der Waals surface area contributed by atoms with Crippen LogP contribution >= 0.6 is 0 Å². The lowest BCUT2D eigenvalue weighted by Crippen LogP contribution is -2.42. The Morgan fingerprint density at radius 2 is 1.92 bits per heavy atom. The fraction of sp³-hybridized carbons (Fsp3) is 0.526. The molecule has 1 atom stereocenters. The van der Waals surface area contributed by atoms with Crippen LogP contribution in [0.4, 0.5) is 4.79 Å². The number of hydrogen-bond acceptors (Lipinski definition) is 4. The third kappa shape index (κ3) is 3.83. The van der Waals surface area contributed by atoms with Crippen LogP contribution in [0.2, 0.25) is 0 Å². The van der Waals surface area contributed by atoms with Gasteiger partial charge in [0, 0.05) is 19.0 Å². The molecule has 0 fully saturated rings. The summed E-state index contributed by atoms with van der Waals surface area (Å²) in [5, 5.41) is 8.79. The smallest absolute Gasteiger partial charge is 0.410 e. The molecule has 0 N–H and O–H groups in total.